The summed E-state index contributed by atoms with van der Waals surface area (Å²) in [6.45, 7) is -0.252. The van der Waals surface area contributed by atoms with E-state index in [1.807, 2.05) is 0 Å². The summed E-state index contributed by atoms with van der Waals surface area (Å²) in [6, 6.07) is 17.2. The number of benzene rings is 3. The second-order valence-electron chi connectivity index (χ2n) is 8.76. The summed E-state index contributed by atoms with van der Waals surface area (Å²) in [7, 11) is 0. The van der Waals surface area contributed by atoms with Crippen molar-refractivity contribution in [2.24, 2.45) is 0 Å². The van der Waals surface area contributed by atoms with E-state index in [2.05, 4.69) is 9.47 Å². The lowest BCUT2D eigenvalue weighted by molar-refractivity contribution is -0.274. The quantitative estimate of drug-likeness (QED) is 0.281. The number of hydrogen-bond donors (Lipinski definition) is 1. The van der Waals surface area contributed by atoms with Crippen LogP contribution in [-0.2, 0) is 6.42 Å². The maximum absolute atomic E-state index is 12.7. The lowest BCUT2D eigenvalue weighted by Gasteiger charge is -2.34. The molecule has 0 bridgehead atoms. The molecule has 1 N–H and O–H groups in total. The van der Waals surface area contributed by atoms with E-state index in [0.717, 1.165) is 5.56 Å². The van der Waals surface area contributed by atoms with Gasteiger partial charge in [-0.2, -0.15) is 30.7 Å². The van der Waals surface area contributed by atoms with Crippen LogP contribution in [0.3, 0.4) is 0 Å². The number of nitrogens with zero attached hydrogens (tertiary/aromatic N) is 1. The smallest absolute Gasteiger partial charge is 0.428 e. The minimum atomic E-state index is -4.82. The van der Waals surface area contributed by atoms with Gasteiger partial charge in [0.05, 0.1) is 6.54 Å². The van der Waals surface area contributed by atoms with Crippen LogP contribution in [0.5, 0.6) is 11.5 Å². The van der Waals surface area contributed by atoms with Crippen molar-refractivity contribution in [3.63, 3.8) is 0 Å². The van der Waals surface area contributed by atoms with Gasteiger partial charge in [-0.3, -0.25) is 0 Å². The molecule has 0 saturated carbocycles. The third-order valence-corrected chi connectivity index (χ3v) is 5.75. The molecule has 0 spiro atoms. The van der Waals surface area contributed by atoms with Gasteiger partial charge in [0.1, 0.15) is 11.5 Å². The predicted molar refractivity (Wildman–Crippen MR) is 129 cm³/mol. The van der Waals surface area contributed by atoms with E-state index in [9.17, 15) is 49.0 Å². The average Bonchev–Trinajstić information content (AvgIpc) is 2.88. The fraction of sp³-hybridized carbons (Fsp3) is 0.333. The molecule has 0 aromatic heterocycles. The number of alkyl halides is 10. The third-order valence-electron chi connectivity index (χ3n) is 5.75. The molecule has 14 heteroatoms. The summed E-state index contributed by atoms with van der Waals surface area (Å²) in [5.41, 5.74) is 2.36. The molecule has 3 aromatic carbocycles. The summed E-state index contributed by atoms with van der Waals surface area (Å²) in [5, 5.41) is 9.40. The Labute approximate surface area is 227 Å². The minimum absolute atomic E-state index is 0.284. The first-order valence-corrected chi connectivity index (χ1v) is 11.9. The monoisotopic (exact) mass is 599 g/mol. The number of fused-ring (bicyclic) bond motifs is 1. The molecule has 4 nitrogen and oxygen atoms in total. The van der Waals surface area contributed by atoms with Crippen LogP contribution in [0.15, 0.2) is 72.8 Å². The van der Waals surface area contributed by atoms with Crippen molar-refractivity contribution in [1.29, 1.82) is 0 Å². The van der Waals surface area contributed by atoms with E-state index in [1.54, 1.807) is 30.3 Å². The Hall–Kier alpha value is -3.68. The highest BCUT2D eigenvalue weighted by atomic mass is 19.4. The van der Waals surface area contributed by atoms with Gasteiger partial charge in [-0.05, 0) is 59.9 Å². The molecular weight excluding hydrogens is 576 g/mol. The molecule has 0 aliphatic carbocycles. The van der Waals surface area contributed by atoms with Gasteiger partial charge < -0.3 is 19.5 Å². The van der Waals surface area contributed by atoms with E-state index in [-0.39, 0.29) is 11.5 Å². The molecule has 1 heterocycles. The Balaban J connectivity index is 0.000000298. The lowest BCUT2D eigenvalue weighted by atomic mass is 9.92. The molecule has 4 rings (SSSR count). The van der Waals surface area contributed by atoms with Crippen LogP contribution in [-0.4, -0.2) is 49.4 Å². The molecule has 224 valence electrons. The van der Waals surface area contributed by atoms with Gasteiger partial charge in [0.2, 0.25) is 0 Å². The molecule has 0 amide bonds. The fourth-order valence-electron chi connectivity index (χ4n) is 4.02. The second-order valence-corrected chi connectivity index (χ2v) is 8.76. The van der Waals surface area contributed by atoms with Gasteiger partial charge in [0.25, 0.3) is 0 Å². The number of hydrogen-bond acceptors (Lipinski definition) is 4. The fourth-order valence-corrected chi connectivity index (χ4v) is 4.02. The van der Waals surface area contributed by atoms with Crippen LogP contribution in [0, 0.1) is 0 Å². The minimum Gasteiger partial charge on any atom is -0.428 e. The number of ether oxygens (including phenoxy) is 2. The topological polar surface area (TPSA) is 41.9 Å². The van der Waals surface area contributed by atoms with Crippen molar-refractivity contribution in [2.45, 2.75) is 44.0 Å². The highest BCUT2D eigenvalue weighted by molar-refractivity contribution is 5.76. The van der Waals surface area contributed by atoms with E-state index in [0.29, 0.717) is 36.2 Å². The Morgan fingerprint density at radius 2 is 1.41 bits per heavy atom. The highest BCUT2D eigenvalue weighted by Crippen LogP contribution is 2.38. The highest BCUT2D eigenvalue weighted by Gasteiger charge is 2.44. The Bertz CT molecular complexity index is 1270. The first-order valence-electron chi connectivity index (χ1n) is 11.9. The molecule has 0 saturated heterocycles. The number of anilines is 1. The summed E-state index contributed by atoms with van der Waals surface area (Å²) >= 11 is 0. The molecule has 1 aliphatic heterocycles. The van der Waals surface area contributed by atoms with Crippen LogP contribution < -0.4 is 14.4 Å². The maximum Gasteiger partial charge on any atom is 0.573 e. The zero-order chi connectivity index (χ0) is 30.4. The second kappa shape index (κ2) is 12.9. The molecular formula is C27H23F10NO3. The lowest BCUT2D eigenvalue weighted by Crippen LogP contribution is -2.43. The number of β-amino-alcohol motifs (C(OH)–C–C–N with tert-alkyl or cyclic N) is 1. The average molecular weight is 599 g/mol. The summed E-state index contributed by atoms with van der Waals surface area (Å²) in [5.74, 6) is -0.657. The van der Waals surface area contributed by atoms with Crippen LogP contribution in [0.25, 0.3) is 11.1 Å². The van der Waals surface area contributed by atoms with Crippen molar-refractivity contribution in [3.05, 3.63) is 78.4 Å². The van der Waals surface area contributed by atoms with E-state index < -0.39 is 37.7 Å². The van der Waals surface area contributed by atoms with Gasteiger partial charge in [-0.15, -0.1) is 13.2 Å². The first kappa shape index (κ1) is 31.8. The van der Waals surface area contributed by atoms with Crippen molar-refractivity contribution in [3.8, 4) is 22.6 Å². The Kier molecular flexibility index (Phi) is 10.0. The SMILES string of the molecule is FC(F)C(F)(F)Oc1ccccc1.OC(CN1CCCc2c(-c3cccc(OC(F)(F)F)c3)cccc21)C(F)(F)F. The van der Waals surface area contributed by atoms with Crippen LogP contribution in [0.1, 0.15) is 12.0 Å². The van der Waals surface area contributed by atoms with Crippen molar-refractivity contribution >= 4 is 5.69 Å². The van der Waals surface area contributed by atoms with Crippen LogP contribution in [0.2, 0.25) is 0 Å². The van der Waals surface area contributed by atoms with Gasteiger partial charge in [-0.25, -0.2) is 0 Å². The molecule has 0 fully saturated rings. The third kappa shape index (κ3) is 9.17. The number of halogens is 10. The Morgan fingerprint density at radius 3 is 2.02 bits per heavy atom. The van der Waals surface area contributed by atoms with Crippen LogP contribution >= 0.6 is 0 Å². The summed E-state index contributed by atoms with van der Waals surface area (Å²) < 4.78 is 131. The largest absolute Gasteiger partial charge is 0.573 e. The molecule has 41 heavy (non-hydrogen) atoms. The van der Waals surface area contributed by atoms with Gasteiger partial charge in [-0.1, -0.05) is 42.5 Å². The van der Waals surface area contributed by atoms with E-state index >= 15 is 0 Å². The van der Waals surface area contributed by atoms with Gasteiger partial charge >= 0.3 is 25.1 Å². The zero-order valence-electron chi connectivity index (χ0n) is 20.9. The van der Waals surface area contributed by atoms with Crippen LogP contribution in [0.4, 0.5) is 49.6 Å². The van der Waals surface area contributed by atoms with Crippen molar-refractivity contribution < 1.29 is 58.5 Å². The normalized spacial score (nSPS) is 14.6. The number of para-hydroxylation sites is 1. The molecule has 0 radical (unpaired) electrons. The number of aliphatic hydroxyl groups is 1. The van der Waals surface area contributed by atoms with E-state index in [1.165, 1.54) is 47.4 Å². The molecule has 3 aromatic rings. The Morgan fingerprint density at radius 1 is 0.780 bits per heavy atom. The first-order chi connectivity index (χ1) is 19.1. The van der Waals surface area contributed by atoms with Crippen molar-refractivity contribution in [1.82, 2.24) is 0 Å². The molecule has 1 atom stereocenters. The number of aliphatic hydroxyl groups excluding tert-OH is 1. The summed E-state index contributed by atoms with van der Waals surface area (Å²) in [4.78, 5) is 1.45. The van der Waals surface area contributed by atoms with Gasteiger partial charge in [0, 0.05) is 12.2 Å². The van der Waals surface area contributed by atoms with Crippen molar-refractivity contribution in [2.75, 3.05) is 18.0 Å². The standard InChI is InChI=1S/C19H17F6NO2.C8H6F4O/c20-18(21,22)17(27)11-26-9-3-7-15-14(6-2-8-16(15)26)12-4-1-5-13(10-12)28-19(23,24)25;9-7(10)8(11,12)13-6-4-2-1-3-5-6/h1-2,4-6,8,10,17,27H,3,7,9,11H2;1-5,7H. The number of rotatable bonds is 7. The van der Waals surface area contributed by atoms with E-state index in [4.69, 9.17) is 0 Å². The maximum atomic E-state index is 12.7. The summed E-state index contributed by atoms with van der Waals surface area (Å²) in [6.07, 6.45) is -19.2. The van der Waals surface area contributed by atoms with Gasteiger partial charge in [0.15, 0.2) is 6.10 Å². The molecule has 1 aliphatic rings. The predicted octanol–water partition coefficient (Wildman–Crippen LogP) is 7.85. The molecule has 1 unspecified atom stereocenters. The zero-order valence-corrected chi connectivity index (χ0v) is 20.9.